The number of hydrogen-bond donors (Lipinski definition) is 0. The first-order chi connectivity index (χ1) is 9.22. The predicted molar refractivity (Wildman–Crippen MR) is 75.1 cm³/mol. The topological polar surface area (TPSA) is 51.4 Å². The molecule has 0 saturated carbocycles. The molecule has 0 amide bonds. The van der Waals surface area contributed by atoms with Crippen LogP contribution in [-0.2, 0) is 4.74 Å². The number of hydrogen-bond acceptors (Lipinski definition) is 6. The van der Waals surface area contributed by atoms with E-state index in [1.807, 2.05) is 17.5 Å². The van der Waals surface area contributed by atoms with Crippen molar-refractivity contribution in [1.82, 2.24) is 15.1 Å². The number of nitrogens with zero attached hydrogens (tertiary/aromatic N) is 3. The maximum absolute atomic E-state index is 5.73. The molecule has 0 spiro atoms. The lowest BCUT2D eigenvalue weighted by atomic mass is 10.3. The van der Waals surface area contributed by atoms with E-state index in [1.54, 1.807) is 18.4 Å². The molecule has 2 aromatic heterocycles. The highest BCUT2D eigenvalue weighted by Crippen LogP contribution is 2.26. The van der Waals surface area contributed by atoms with E-state index in [9.17, 15) is 0 Å². The highest BCUT2D eigenvalue weighted by molar-refractivity contribution is 7.13. The van der Waals surface area contributed by atoms with Crippen LogP contribution < -0.4 is 0 Å². The number of thiophene rings is 1. The molecular formula is C13H19N3O2S. The van der Waals surface area contributed by atoms with E-state index < -0.39 is 0 Å². The molecule has 0 N–H and O–H groups in total. The third kappa shape index (κ3) is 3.62. The molecule has 6 heteroatoms. The van der Waals surface area contributed by atoms with Crippen molar-refractivity contribution in [3.8, 4) is 10.8 Å². The second-order valence-electron chi connectivity index (χ2n) is 4.43. The van der Waals surface area contributed by atoms with E-state index in [-0.39, 0.29) is 6.04 Å². The first-order valence-electron chi connectivity index (χ1n) is 6.29. The maximum atomic E-state index is 5.73. The summed E-state index contributed by atoms with van der Waals surface area (Å²) in [6.45, 7) is 3.77. The molecule has 0 saturated heterocycles. The molecule has 0 radical (unpaired) electrons. The Morgan fingerprint density at radius 3 is 3.00 bits per heavy atom. The fraction of sp³-hybridized carbons (Fsp3) is 0.538. The van der Waals surface area contributed by atoms with Crippen molar-refractivity contribution in [2.24, 2.45) is 0 Å². The van der Waals surface area contributed by atoms with Gasteiger partial charge in [0.2, 0.25) is 5.89 Å². The summed E-state index contributed by atoms with van der Waals surface area (Å²) in [6.07, 6.45) is 0.989. The third-order valence-corrected chi connectivity index (χ3v) is 3.91. The molecule has 0 aromatic carbocycles. The van der Waals surface area contributed by atoms with E-state index in [0.717, 1.165) is 24.4 Å². The van der Waals surface area contributed by atoms with E-state index in [2.05, 4.69) is 29.1 Å². The lowest BCUT2D eigenvalue weighted by Gasteiger charge is -2.21. The molecule has 19 heavy (non-hydrogen) atoms. The van der Waals surface area contributed by atoms with Crippen LogP contribution in [0.15, 0.2) is 21.9 Å². The summed E-state index contributed by atoms with van der Waals surface area (Å²) in [7, 11) is 3.77. The molecule has 1 atom stereocenters. The standard InChI is InChI=1S/C13H19N3O2S/c1-10(16(2)7-5-8-17-3)12-14-15-13(18-12)11-6-4-9-19-11/h4,6,9-10H,5,7-8H2,1-3H3. The normalized spacial score (nSPS) is 13.1. The van der Waals surface area contributed by atoms with Gasteiger partial charge in [0, 0.05) is 20.3 Å². The van der Waals surface area contributed by atoms with Gasteiger partial charge < -0.3 is 9.15 Å². The second kappa shape index (κ2) is 6.79. The van der Waals surface area contributed by atoms with E-state index >= 15 is 0 Å². The van der Waals surface area contributed by atoms with E-state index in [4.69, 9.17) is 9.15 Å². The van der Waals surface area contributed by atoms with Gasteiger partial charge in [-0.25, -0.2) is 0 Å². The van der Waals surface area contributed by atoms with Crippen molar-refractivity contribution < 1.29 is 9.15 Å². The Morgan fingerprint density at radius 1 is 1.47 bits per heavy atom. The lowest BCUT2D eigenvalue weighted by Crippen LogP contribution is -2.24. The van der Waals surface area contributed by atoms with E-state index in [0.29, 0.717) is 11.8 Å². The van der Waals surface area contributed by atoms with Gasteiger partial charge in [-0.15, -0.1) is 21.5 Å². The molecule has 0 aliphatic carbocycles. The predicted octanol–water partition coefficient (Wildman–Crippen LogP) is 2.83. The van der Waals surface area contributed by atoms with Crippen LogP contribution in [0.25, 0.3) is 10.8 Å². The zero-order chi connectivity index (χ0) is 13.7. The Bertz CT molecular complexity index is 484. The van der Waals surface area contributed by atoms with Gasteiger partial charge in [-0.05, 0) is 31.8 Å². The molecular weight excluding hydrogens is 262 g/mol. The highest BCUT2D eigenvalue weighted by atomic mass is 32.1. The quantitative estimate of drug-likeness (QED) is 0.730. The summed E-state index contributed by atoms with van der Waals surface area (Å²) in [6, 6.07) is 4.07. The van der Waals surface area contributed by atoms with Crippen LogP contribution in [0.5, 0.6) is 0 Å². The third-order valence-electron chi connectivity index (χ3n) is 3.05. The number of rotatable bonds is 7. The minimum Gasteiger partial charge on any atom is -0.418 e. The van der Waals surface area contributed by atoms with Crippen molar-refractivity contribution in [3.63, 3.8) is 0 Å². The largest absolute Gasteiger partial charge is 0.418 e. The molecule has 2 aromatic rings. The summed E-state index contributed by atoms with van der Waals surface area (Å²) in [5.74, 6) is 1.26. The minimum absolute atomic E-state index is 0.109. The highest BCUT2D eigenvalue weighted by Gasteiger charge is 2.18. The van der Waals surface area contributed by atoms with Gasteiger partial charge in [0.05, 0.1) is 10.9 Å². The molecule has 0 bridgehead atoms. The zero-order valence-corrected chi connectivity index (χ0v) is 12.3. The minimum atomic E-state index is 0.109. The number of methoxy groups -OCH3 is 1. The van der Waals surface area contributed by atoms with Crippen LogP contribution in [-0.4, -0.2) is 42.4 Å². The average molecular weight is 281 g/mol. The van der Waals surface area contributed by atoms with Gasteiger partial charge in [-0.3, -0.25) is 4.90 Å². The fourth-order valence-corrected chi connectivity index (χ4v) is 2.39. The molecule has 5 nitrogen and oxygen atoms in total. The molecule has 0 fully saturated rings. The van der Waals surface area contributed by atoms with Crippen molar-refractivity contribution >= 4 is 11.3 Å². The van der Waals surface area contributed by atoms with Crippen molar-refractivity contribution in [3.05, 3.63) is 23.4 Å². The smallest absolute Gasteiger partial charge is 0.257 e. The molecule has 0 aliphatic heterocycles. The molecule has 2 heterocycles. The van der Waals surface area contributed by atoms with Crippen LogP contribution in [0.1, 0.15) is 25.3 Å². The van der Waals surface area contributed by atoms with Crippen molar-refractivity contribution in [1.29, 1.82) is 0 Å². The summed E-state index contributed by atoms with van der Waals surface area (Å²) in [4.78, 5) is 3.19. The van der Waals surface area contributed by atoms with Crippen molar-refractivity contribution in [2.45, 2.75) is 19.4 Å². The number of ether oxygens (including phenoxy) is 1. The number of aromatic nitrogens is 2. The van der Waals surface area contributed by atoms with Crippen LogP contribution >= 0.6 is 11.3 Å². The van der Waals surface area contributed by atoms with Gasteiger partial charge in [0.25, 0.3) is 5.89 Å². The Balaban J connectivity index is 1.97. The molecule has 0 aliphatic rings. The Labute approximate surface area is 117 Å². The molecule has 104 valence electrons. The van der Waals surface area contributed by atoms with Crippen LogP contribution in [0, 0.1) is 0 Å². The first-order valence-corrected chi connectivity index (χ1v) is 7.16. The van der Waals surface area contributed by atoms with Gasteiger partial charge in [-0.2, -0.15) is 0 Å². The van der Waals surface area contributed by atoms with Crippen LogP contribution in [0.3, 0.4) is 0 Å². The zero-order valence-electron chi connectivity index (χ0n) is 11.5. The summed E-state index contributed by atoms with van der Waals surface area (Å²) in [5, 5.41) is 10.2. The monoisotopic (exact) mass is 281 g/mol. The molecule has 2 rings (SSSR count). The van der Waals surface area contributed by atoms with Crippen molar-refractivity contribution in [2.75, 3.05) is 27.3 Å². The van der Waals surface area contributed by atoms with Gasteiger partial charge in [0.15, 0.2) is 0 Å². The summed E-state index contributed by atoms with van der Waals surface area (Å²) in [5.41, 5.74) is 0. The summed E-state index contributed by atoms with van der Waals surface area (Å²) >= 11 is 1.60. The van der Waals surface area contributed by atoms with Crippen LogP contribution in [0.2, 0.25) is 0 Å². The van der Waals surface area contributed by atoms with Gasteiger partial charge in [0.1, 0.15) is 0 Å². The molecule has 1 unspecified atom stereocenters. The summed E-state index contributed by atoms with van der Waals surface area (Å²) < 4.78 is 10.8. The fourth-order valence-electron chi connectivity index (χ4n) is 1.74. The van der Waals surface area contributed by atoms with E-state index in [1.165, 1.54) is 0 Å². The average Bonchev–Trinajstić information content (AvgIpc) is 3.08. The maximum Gasteiger partial charge on any atom is 0.257 e. The Morgan fingerprint density at radius 2 is 2.32 bits per heavy atom. The first kappa shape index (κ1) is 14.2. The lowest BCUT2D eigenvalue weighted by molar-refractivity contribution is 0.161. The SMILES string of the molecule is COCCCN(C)C(C)c1nnc(-c2cccs2)o1. The van der Waals surface area contributed by atoms with Crippen LogP contribution in [0.4, 0.5) is 0 Å². The second-order valence-corrected chi connectivity index (χ2v) is 5.37. The Hall–Kier alpha value is -1.24. The van der Waals surface area contributed by atoms with Gasteiger partial charge >= 0.3 is 0 Å². The Kier molecular flexibility index (Phi) is 5.07. The van der Waals surface area contributed by atoms with Gasteiger partial charge in [-0.1, -0.05) is 6.07 Å².